The molecule has 0 spiro atoms. The van der Waals surface area contributed by atoms with Crippen molar-refractivity contribution in [2.45, 2.75) is 40.2 Å². The number of nitrogens with one attached hydrogen (secondary N) is 1. The van der Waals surface area contributed by atoms with Crippen LogP contribution in [0.15, 0.2) is 30.3 Å². The zero-order valence-electron chi connectivity index (χ0n) is 13.2. The lowest BCUT2D eigenvalue weighted by Crippen LogP contribution is -2.34. The van der Waals surface area contributed by atoms with Gasteiger partial charge in [0.25, 0.3) is 0 Å². The molecule has 0 saturated heterocycles. The van der Waals surface area contributed by atoms with Crippen LogP contribution in [0.25, 0.3) is 0 Å². The van der Waals surface area contributed by atoms with Gasteiger partial charge in [0.05, 0.1) is 0 Å². The van der Waals surface area contributed by atoms with Gasteiger partial charge in [-0.3, -0.25) is 4.79 Å². The summed E-state index contributed by atoms with van der Waals surface area (Å²) < 4.78 is 0. The maximum atomic E-state index is 12.0. The molecule has 112 valence electrons. The van der Waals surface area contributed by atoms with Crippen LogP contribution in [0.4, 0.5) is 0 Å². The Balaban J connectivity index is 2.51. The summed E-state index contributed by atoms with van der Waals surface area (Å²) in [5.41, 5.74) is 1.29. The topological polar surface area (TPSA) is 32.3 Å². The normalized spacial score (nSPS) is 12.4. The Kier molecular flexibility index (Phi) is 7.31. The molecule has 1 rings (SSSR count). The fourth-order valence-corrected chi connectivity index (χ4v) is 2.47. The van der Waals surface area contributed by atoms with E-state index in [2.05, 4.69) is 43.4 Å². The number of nitrogens with zero attached hydrogens (tertiary/aromatic N) is 1. The SMILES string of the molecule is CCN(CC)C(=O)CCNC(c1ccccc1)C(C)C. The lowest BCUT2D eigenvalue weighted by Gasteiger charge is -2.24. The molecule has 0 aliphatic rings. The van der Waals surface area contributed by atoms with Crippen LogP contribution >= 0.6 is 0 Å². The summed E-state index contributed by atoms with van der Waals surface area (Å²) in [7, 11) is 0. The molecule has 1 aromatic carbocycles. The molecule has 1 unspecified atom stereocenters. The van der Waals surface area contributed by atoms with Gasteiger partial charge in [0, 0.05) is 32.1 Å². The predicted octanol–water partition coefficient (Wildman–Crippen LogP) is 3.23. The fraction of sp³-hybridized carbons (Fsp3) is 0.588. The van der Waals surface area contributed by atoms with Crippen molar-refractivity contribution in [3.8, 4) is 0 Å². The van der Waals surface area contributed by atoms with E-state index in [4.69, 9.17) is 0 Å². The van der Waals surface area contributed by atoms with Gasteiger partial charge in [0.2, 0.25) is 5.91 Å². The number of benzene rings is 1. The van der Waals surface area contributed by atoms with Crippen molar-refractivity contribution < 1.29 is 4.79 Å². The van der Waals surface area contributed by atoms with Crippen LogP contribution in [0.5, 0.6) is 0 Å². The van der Waals surface area contributed by atoms with Gasteiger partial charge in [-0.2, -0.15) is 0 Å². The number of carbonyl (C=O) groups excluding carboxylic acids is 1. The number of hydrogen-bond donors (Lipinski definition) is 1. The van der Waals surface area contributed by atoms with Crippen molar-refractivity contribution >= 4 is 5.91 Å². The lowest BCUT2D eigenvalue weighted by molar-refractivity contribution is -0.130. The van der Waals surface area contributed by atoms with Crippen LogP contribution in [0.3, 0.4) is 0 Å². The van der Waals surface area contributed by atoms with Crippen LogP contribution in [0, 0.1) is 5.92 Å². The molecule has 20 heavy (non-hydrogen) atoms. The van der Waals surface area contributed by atoms with Gasteiger partial charge in [0.15, 0.2) is 0 Å². The minimum Gasteiger partial charge on any atom is -0.343 e. The summed E-state index contributed by atoms with van der Waals surface area (Å²) in [6, 6.07) is 10.8. The second-order valence-corrected chi connectivity index (χ2v) is 5.40. The third kappa shape index (κ3) is 4.97. The monoisotopic (exact) mass is 276 g/mol. The van der Waals surface area contributed by atoms with Crippen LogP contribution in [0.2, 0.25) is 0 Å². The molecule has 3 heteroatoms. The van der Waals surface area contributed by atoms with Gasteiger partial charge in [-0.25, -0.2) is 0 Å². The molecule has 1 atom stereocenters. The third-order valence-electron chi connectivity index (χ3n) is 3.64. The van der Waals surface area contributed by atoms with E-state index in [9.17, 15) is 4.79 Å². The molecule has 0 heterocycles. The van der Waals surface area contributed by atoms with Gasteiger partial charge in [0.1, 0.15) is 0 Å². The summed E-state index contributed by atoms with van der Waals surface area (Å²) in [6.07, 6.45) is 0.567. The fourth-order valence-electron chi connectivity index (χ4n) is 2.47. The van der Waals surface area contributed by atoms with Crippen LogP contribution in [-0.4, -0.2) is 30.4 Å². The van der Waals surface area contributed by atoms with E-state index in [1.807, 2.05) is 24.8 Å². The first-order valence-corrected chi connectivity index (χ1v) is 7.66. The van der Waals surface area contributed by atoms with Crippen molar-refractivity contribution in [3.05, 3.63) is 35.9 Å². The van der Waals surface area contributed by atoms with Crippen LogP contribution < -0.4 is 5.32 Å². The molecule has 1 amide bonds. The molecule has 3 nitrogen and oxygen atoms in total. The molecule has 0 radical (unpaired) electrons. The Bertz CT molecular complexity index is 385. The Morgan fingerprint density at radius 3 is 2.25 bits per heavy atom. The predicted molar refractivity (Wildman–Crippen MR) is 84.6 cm³/mol. The summed E-state index contributed by atoms with van der Waals surface area (Å²) in [5, 5.41) is 3.52. The van der Waals surface area contributed by atoms with Gasteiger partial charge in [-0.15, -0.1) is 0 Å². The Morgan fingerprint density at radius 2 is 1.75 bits per heavy atom. The molecule has 0 fully saturated rings. The first-order chi connectivity index (χ1) is 9.60. The number of rotatable bonds is 8. The minimum absolute atomic E-state index is 0.234. The standard InChI is InChI=1S/C17H28N2O/c1-5-19(6-2)16(20)12-13-18-17(14(3)4)15-10-8-7-9-11-15/h7-11,14,17-18H,5-6,12-13H2,1-4H3. The summed E-state index contributed by atoms with van der Waals surface area (Å²) in [5.74, 6) is 0.735. The second kappa shape index (κ2) is 8.75. The highest BCUT2D eigenvalue weighted by molar-refractivity contribution is 5.76. The first kappa shape index (κ1) is 16.7. The molecule has 0 aliphatic carbocycles. The molecule has 1 aromatic rings. The van der Waals surface area contributed by atoms with Crippen LogP contribution in [0.1, 0.15) is 45.7 Å². The molecule has 0 bridgehead atoms. The number of hydrogen-bond acceptors (Lipinski definition) is 2. The molecule has 0 saturated carbocycles. The third-order valence-corrected chi connectivity index (χ3v) is 3.64. The quantitative estimate of drug-likeness (QED) is 0.790. The Hall–Kier alpha value is -1.35. The highest BCUT2D eigenvalue weighted by Gasteiger charge is 2.16. The van der Waals surface area contributed by atoms with E-state index < -0.39 is 0 Å². The molecule has 1 N–H and O–H groups in total. The van der Waals surface area contributed by atoms with E-state index >= 15 is 0 Å². The van der Waals surface area contributed by atoms with Gasteiger partial charge in [-0.1, -0.05) is 44.2 Å². The Labute approximate surface area is 123 Å². The smallest absolute Gasteiger partial charge is 0.223 e. The molecular weight excluding hydrogens is 248 g/mol. The highest BCUT2D eigenvalue weighted by Crippen LogP contribution is 2.21. The summed E-state index contributed by atoms with van der Waals surface area (Å²) in [4.78, 5) is 13.9. The van der Waals surface area contributed by atoms with Gasteiger partial charge in [-0.05, 0) is 25.3 Å². The van der Waals surface area contributed by atoms with E-state index in [-0.39, 0.29) is 5.91 Å². The maximum Gasteiger partial charge on any atom is 0.223 e. The highest BCUT2D eigenvalue weighted by atomic mass is 16.2. The first-order valence-electron chi connectivity index (χ1n) is 7.66. The van der Waals surface area contributed by atoms with Crippen molar-refractivity contribution in [1.82, 2.24) is 10.2 Å². The van der Waals surface area contributed by atoms with Crippen molar-refractivity contribution in [2.24, 2.45) is 5.92 Å². The van der Waals surface area contributed by atoms with Gasteiger partial charge < -0.3 is 10.2 Å². The van der Waals surface area contributed by atoms with Crippen molar-refractivity contribution in [1.29, 1.82) is 0 Å². The lowest BCUT2D eigenvalue weighted by atomic mass is 9.96. The molecule has 0 aliphatic heterocycles. The van der Waals surface area contributed by atoms with Crippen molar-refractivity contribution in [2.75, 3.05) is 19.6 Å². The van der Waals surface area contributed by atoms with E-state index in [0.717, 1.165) is 19.6 Å². The largest absolute Gasteiger partial charge is 0.343 e. The second-order valence-electron chi connectivity index (χ2n) is 5.40. The summed E-state index contributed by atoms with van der Waals surface area (Å²) in [6.45, 7) is 10.8. The average Bonchev–Trinajstić information content (AvgIpc) is 2.45. The van der Waals surface area contributed by atoms with E-state index in [1.165, 1.54) is 5.56 Å². The molecular formula is C17H28N2O. The zero-order chi connectivity index (χ0) is 15.0. The van der Waals surface area contributed by atoms with E-state index in [0.29, 0.717) is 18.4 Å². The Morgan fingerprint density at radius 1 is 1.15 bits per heavy atom. The van der Waals surface area contributed by atoms with Crippen molar-refractivity contribution in [3.63, 3.8) is 0 Å². The minimum atomic E-state index is 0.234. The van der Waals surface area contributed by atoms with Gasteiger partial charge >= 0.3 is 0 Å². The number of carbonyl (C=O) groups is 1. The maximum absolute atomic E-state index is 12.0. The van der Waals surface area contributed by atoms with E-state index in [1.54, 1.807) is 0 Å². The zero-order valence-corrected chi connectivity index (χ0v) is 13.2. The number of amides is 1. The average molecular weight is 276 g/mol. The summed E-state index contributed by atoms with van der Waals surface area (Å²) >= 11 is 0. The molecule has 0 aromatic heterocycles. The van der Waals surface area contributed by atoms with Crippen LogP contribution in [-0.2, 0) is 4.79 Å².